The minimum atomic E-state index is -1.10. The van der Waals surface area contributed by atoms with Crippen LogP contribution in [-0.4, -0.2) is 29.2 Å². The van der Waals surface area contributed by atoms with Crippen LogP contribution in [0.15, 0.2) is 12.7 Å². The summed E-state index contributed by atoms with van der Waals surface area (Å²) in [5.41, 5.74) is -1.10. The van der Waals surface area contributed by atoms with E-state index in [0.717, 1.165) is 12.8 Å². The third-order valence-electron chi connectivity index (χ3n) is 3.39. The zero-order valence-corrected chi connectivity index (χ0v) is 10.9. The van der Waals surface area contributed by atoms with Crippen LogP contribution in [0.3, 0.4) is 0 Å². The van der Waals surface area contributed by atoms with Gasteiger partial charge in [-0.3, -0.25) is 0 Å². The van der Waals surface area contributed by atoms with Gasteiger partial charge in [-0.05, 0) is 25.2 Å². The molecule has 0 heterocycles. The molecule has 3 N–H and O–H groups in total. The van der Waals surface area contributed by atoms with E-state index in [4.69, 9.17) is 0 Å². The number of hydrogen-bond acceptors (Lipinski definition) is 2. The Labute approximate surface area is 108 Å². The molecular formula is C13H22N2O3. The second-order valence-corrected chi connectivity index (χ2v) is 5.05. The number of carboxylic acid groups (broad SMARTS) is 1. The Morgan fingerprint density at radius 2 is 2.28 bits per heavy atom. The number of carboxylic acids is 1. The molecule has 18 heavy (non-hydrogen) atoms. The molecule has 1 saturated carbocycles. The zero-order valence-electron chi connectivity index (χ0n) is 10.9. The number of urea groups is 1. The average Bonchev–Trinajstić information content (AvgIpc) is 2.29. The van der Waals surface area contributed by atoms with E-state index in [-0.39, 0.29) is 0 Å². The summed E-state index contributed by atoms with van der Waals surface area (Å²) in [4.78, 5) is 23.1. The van der Waals surface area contributed by atoms with Gasteiger partial charge in [-0.2, -0.15) is 0 Å². The Morgan fingerprint density at radius 1 is 1.56 bits per heavy atom. The molecule has 2 unspecified atom stereocenters. The lowest BCUT2D eigenvalue weighted by Crippen LogP contribution is -2.59. The minimum absolute atomic E-state index is 0.323. The van der Waals surface area contributed by atoms with E-state index in [1.807, 2.05) is 6.92 Å². The number of rotatable bonds is 5. The largest absolute Gasteiger partial charge is 0.480 e. The van der Waals surface area contributed by atoms with Crippen molar-refractivity contribution in [3.63, 3.8) is 0 Å². The van der Waals surface area contributed by atoms with Gasteiger partial charge in [0.15, 0.2) is 0 Å². The highest BCUT2D eigenvalue weighted by atomic mass is 16.4. The van der Waals surface area contributed by atoms with Crippen LogP contribution in [0.4, 0.5) is 4.79 Å². The maximum Gasteiger partial charge on any atom is 0.329 e. The van der Waals surface area contributed by atoms with Crippen molar-refractivity contribution in [2.24, 2.45) is 5.92 Å². The molecule has 0 aromatic carbocycles. The first kappa shape index (κ1) is 14.5. The summed E-state index contributed by atoms with van der Waals surface area (Å²) in [6.45, 7) is 6.05. The maximum atomic E-state index is 11.7. The predicted octanol–water partition coefficient (Wildman–Crippen LogP) is 1.90. The number of carbonyl (C=O) groups excluding carboxylic acids is 1. The molecule has 0 aromatic heterocycles. The van der Waals surface area contributed by atoms with Crippen LogP contribution in [0.25, 0.3) is 0 Å². The SMILES string of the molecule is C=CCCNC(=O)NC1(C(=O)O)CCCC(C)C1. The standard InChI is InChI=1S/C13H22N2O3/c1-3-4-8-14-12(18)15-13(11(16)17)7-5-6-10(2)9-13/h3,10H,1,4-9H2,2H3,(H,16,17)(H2,14,15,18). The van der Waals surface area contributed by atoms with Crippen molar-refractivity contribution < 1.29 is 14.7 Å². The van der Waals surface area contributed by atoms with Crippen LogP contribution in [0.1, 0.15) is 39.0 Å². The van der Waals surface area contributed by atoms with E-state index in [1.54, 1.807) is 6.08 Å². The first-order chi connectivity index (χ1) is 8.50. The van der Waals surface area contributed by atoms with Crippen molar-refractivity contribution in [2.75, 3.05) is 6.54 Å². The quantitative estimate of drug-likeness (QED) is 0.518. The first-order valence-electron chi connectivity index (χ1n) is 6.40. The van der Waals surface area contributed by atoms with E-state index in [0.29, 0.717) is 31.7 Å². The Bertz CT molecular complexity index is 330. The number of nitrogens with one attached hydrogen (secondary N) is 2. The first-order valence-corrected chi connectivity index (χ1v) is 6.40. The van der Waals surface area contributed by atoms with E-state index >= 15 is 0 Å². The van der Waals surface area contributed by atoms with E-state index in [2.05, 4.69) is 17.2 Å². The fraction of sp³-hybridized carbons (Fsp3) is 0.692. The molecule has 2 amide bonds. The molecule has 1 fully saturated rings. The summed E-state index contributed by atoms with van der Waals surface area (Å²) in [6.07, 6.45) is 5.23. The second-order valence-electron chi connectivity index (χ2n) is 5.05. The lowest BCUT2D eigenvalue weighted by atomic mass is 9.76. The molecule has 0 saturated heterocycles. The topological polar surface area (TPSA) is 78.4 Å². The van der Waals surface area contributed by atoms with Gasteiger partial charge in [0.2, 0.25) is 0 Å². The average molecular weight is 254 g/mol. The van der Waals surface area contributed by atoms with Crippen molar-refractivity contribution in [3.05, 3.63) is 12.7 Å². The predicted molar refractivity (Wildman–Crippen MR) is 69.3 cm³/mol. The van der Waals surface area contributed by atoms with Gasteiger partial charge in [-0.15, -0.1) is 6.58 Å². The van der Waals surface area contributed by atoms with E-state index < -0.39 is 17.5 Å². The Morgan fingerprint density at radius 3 is 2.83 bits per heavy atom. The highest BCUT2D eigenvalue weighted by Crippen LogP contribution is 2.32. The van der Waals surface area contributed by atoms with Gasteiger partial charge in [0, 0.05) is 6.54 Å². The van der Waals surface area contributed by atoms with Crippen LogP contribution in [-0.2, 0) is 4.79 Å². The highest BCUT2D eigenvalue weighted by molar-refractivity contribution is 5.86. The summed E-state index contributed by atoms with van der Waals surface area (Å²) in [5, 5.41) is 14.6. The molecule has 0 radical (unpaired) electrons. The van der Waals surface area contributed by atoms with Gasteiger partial charge >= 0.3 is 12.0 Å². The van der Waals surface area contributed by atoms with Gasteiger partial charge in [0.25, 0.3) is 0 Å². The Balaban J connectivity index is 2.59. The Hall–Kier alpha value is -1.52. The molecule has 0 aromatic rings. The number of hydrogen-bond donors (Lipinski definition) is 3. The van der Waals surface area contributed by atoms with E-state index in [9.17, 15) is 14.7 Å². The van der Waals surface area contributed by atoms with Crippen molar-refractivity contribution in [1.29, 1.82) is 0 Å². The number of carbonyl (C=O) groups is 2. The second kappa shape index (κ2) is 6.42. The van der Waals surface area contributed by atoms with Crippen LogP contribution in [0.5, 0.6) is 0 Å². The fourth-order valence-electron chi connectivity index (χ4n) is 2.46. The molecule has 0 aliphatic heterocycles. The third kappa shape index (κ3) is 3.75. The summed E-state index contributed by atoms with van der Waals surface area (Å²) in [7, 11) is 0. The van der Waals surface area contributed by atoms with Crippen LogP contribution in [0, 0.1) is 5.92 Å². The van der Waals surface area contributed by atoms with Crippen LogP contribution >= 0.6 is 0 Å². The number of amides is 2. The van der Waals surface area contributed by atoms with Crippen molar-refractivity contribution in [1.82, 2.24) is 10.6 Å². The number of aliphatic carboxylic acids is 1. The van der Waals surface area contributed by atoms with Gasteiger partial charge < -0.3 is 15.7 Å². The van der Waals surface area contributed by atoms with Crippen molar-refractivity contribution in [3.8, 4) is 0 Å². The summed E-state index contributed by atoms with van der Waals surface area (Å²) in [5.74, 6) is -0.615. The van der Waals surface area contributed by atoms with Crippen LogP contribution < -0.4 is 10.6 Å². The molecule has 5 nitrogen and oxygen atoms in total. The molecule has 2 atom stereocenters. The lowest BCUT2D eigenvalue weighted by molar-refractivity contribution is -0.146. The van der Waals surface area contributed by atoms with Crippen LogP contribution in [0.2, 0.25) is 0 Å². The fourth-order valence-corrected chi connectivity index (χ4v) is 2.46. The molecule has 0 spiro atoms. The lowest BCUT2D eigenvalue weighted by Gasteiger charge is -2.36. The summed E-state index contributed by atoms with van der Waals surface area (Å²) < 4.78 is 0. The summed E-state index contributed by atoms with van der Waals surface area (Å²) >= 11 is 0. The minimum Gasteiger partial charge on any atom is -0.480 e. The maximum absolute atomic E-state index is 11.7. The van der Waals surface area contributed by atoms with E-state index in [1.165, 1.54) is 0 Å². The molecular weight excluding hydrogens is 232 g/mol. The Kier molecular flexibility index (Phi) is 5.19. The molecule has 1 aliphatic rings. The highest BCUT2D eigenvalue weighted by Gasteiger charge is 2.43. The molecule has 102 valence electrons. The molecule has 0 bridgehead atoms. The molecule has 1 rings (SSSR count). The normalized spacial score (nSPS) is 27.3. The van der Waals surface area contributed by atoms with Gasteiger partial charge in [-0.25, -0.2) is 9.59 Å². The van der Waals surface area contributed by atoms with Gasteiger partial charge in [0.1, 0.15) is 5.54 Å². The zero-order chi connectivity index (χ0) is 13.6. The molecule has 5 heteroatoms. The van der Waals surface area contributed by atoms with Gasteiger partial charge in [-0.1, -0.05) is 25.8 Å². The van der Waals surface area contributed by atoms with Crippen molar-refractivity contribution in [2.45, 2.75) is 44.6 Å². The monoisotopic (exact) mass is 254 g/mol. The van der Waals surface area contributed by atoms with Gasteiger partial charge in [0.05, 0.1) is 0 Å². The smallest absolute Gasteiger partial charge is 0.329 e. The van der Waals surface area contributed by atoms with Crippen molar-refractivity contribution >= 4 is 12.0 Å². The third-order valence-corrected chi connectivity index (χ3v) is 3.39. The molecule has 1 aliphatic carbocycles. The summed E-state index contributed by atoms with van der Waals surface area (Å²) in [6, 6.07) is -0.409.